The maximum absolute atomic E-state index is 12.4. The number of benzene rings is 1. The first-order valence-electron chi connectivity index (χ1n) is 8.37. The molecule has 2 rings (SSSR count). The van der Waals surface area contributed by atoms with Crippen LogP contribution in [0.1, 0.15) is 56.2 Å². The monoisotopic (exact) mass is 376 g/mol. The van der Waals surface area contributed by atoms with E-state index in [0.29, 0.717) is 5.69 Å². The SMILES string of the molecule is Cc1cc(C(C)C)c(NC(=O)NS(=O)(=O)c2cccnn2)c(C(C)C)c1. The van der Waals surface area contributed by atoms with Crippen LogP contribution in [0.5, 0.6) is 0 Å². The third kappa shape index (κ3) is 4.57. The van der Waals surface area contributed by atoms with Crippen LogP contribution in [0.25, 0.3) is 0 Å². The first-order chi connectivity index (χ1) is 12.1. The molecule has 8 heteroatoms. The van der Waals surface area contributed by atoms with E-state index in [1.807, 2.05) is 51.5 Å². The molecule has 0 saturated carbocycles. The fraction of sp³-hybridized carbons (Fsp3) is 0.389. The smallest absolute Gasteiger partial charge is 0.307 e. The van der Waals surface area contributed by atoms with E-state index >= 15 is 0 Å². The molecule has 0 aliphatic rings. The number of anilines is 1. The van der Waals surface area contributed by atoms with Crippen molar-refractivity contribution in [2.45, 2.75) is 51.5 Å². The van der Waals surface area contributed by atoms with Crippen molar-refractivity contribution in [3.05, 3.63) is 47.2 Å². The number of hydrogen-bond acceptors (Lipinski definition) is 5. The summed E-state index contributed by atoms with van der Waals surface area (Å²) in [4.78, 5) is 12.4. The number of sulfonamides is 1. The summed E-state index contributed by atoms with van der Waals surface area (Å²) in [6.45, 7) is 10.1. The van der Waals surface area contributed by atoms with Gasteiger partial charge in [0.15, 0.2) is 5.03 Å². The number of urea groups is 1. The normalized spacial score (nSPS) is 11.7. The molecule has 140 valence electrons. The van der Waals surface area contributed by atoms with Crippen molar-refractivity contribution in [1.29, 1.82) is 0 Å². The van der Waals surface area contributed by atoms with Gasteiger partial charge in [-0.25, -0.2) is 9.52 Å². The Balaban J connectivity index is 2.34. The highest BCUT2D eigenvalue weighted by Gasteiger charge is 2.22. The lowest BCUT2D eigenvalue weighted by Crippen LogP contribution is -2.35. The third-order valence-corrected chi connectivity index (χ3v) is 5.10. The van der Waals surface area contributed by atoms with Crippen molar-refractivity contribution in [2.75, 3.05) is 5.32 Å². The Kier molecular flexibility index (Phi) is 5.97. The van der Waals surface area contributed by atoms with Gasteiger partial charge in [-0.15, -0.1) is 5.10 Å². The van der Waals surface area contributed by atoms with Crippen LogP contribution in [-0.4, -0.2) is 24.6 Å². The fourth-order valence-electron chi connectivity index (χ4n) is 2.64. The van der Waals surface area contributed by atoms with Gasteiger partial charge in [-0.1, -0.05) is 45.4 Å². The standard InChI is InChI=1S/C18H24N4O3S/c1-11(2)14-9-13(5)10-15(12(3)4)17(14)20-18(23)22-26(24,25)16-7-6-8-19-21-16/h6-12H,1-5H3,(H2,20,22,23). The van der Waals surface area contributed by atoms with Crippen molar-refractivity contribution in [1.82, 2.24) is 14.9 Å². The van der Waals surface area contributed by atoms with E-state index in [1.54, 1.807) is 0 Å². The summed E-state index contributed by atoms with van der Waals surface area (Å²) < 4.78 is 26.5. The number of hydrogen-bond donors (Lipinski definition) is 2. The number of nitrogens with one attached hydrogen (secondary N) is 2. The van der Waals surface area contributed by atoms with Crippen LogP contribution in [-0.2, 0) is 10.0 Å². The van der Waals surface area contributed by atoms with Gasteiger partial charge < -0.3 is 5.32 Å². The fourth-order valence-corrected chi connectivity index (χ4v) is 3.45. The molecule has 0 saturated heterocycles. The molecule has 2 amide bonds. The molecule has 0 unspecified atom stereocenters. The molecule has 7 nitrogen and oxygen atoms in total. The van der Waals surface area contributed by atoms with Crippen molar-refractivity contribution in [2.24, 2.45) is 0 Å². The van der Waals surface area contributed by atoms with Crippen LogP contribution in [0.3, 0.4) is 0 Å². The molecule has 1 aromatic carbocycles. The largest absolute Gasteiger partial charge is 0.333 e. The molecular formula is C18H24N4O3S. The minimum absolute atomic E-state index is 0.166. The Morgan fingerprint density at radius 1 is 1.08 bits per heavy atom. The van der Waals surface area contributed by atoms with E-state index in [0.717, 1.165) is 16.7 Å². The van der Waals surface area contributed by atoms with Crippen LogP contribution < -0.4 is 10.0 Å². The van der Waals surface area contributed by atoms with E-state index in [-0.39, 0.29) is 16.9 Å². The maximum Gasteiger partial charge on any atom is 0.333 e. The minimum Gasteiger partial charge on any atom is -0.307 e. The van der Waals surface area contributed by atoms with Gasteiger partial charge in [0.1, 0.15) is 0 Å². The van der Waals surface area contributed by atoms with Crippen LogP contribution in [0.2, 0.25) is 0 Å². The molecule has 0 bridgehead atoms. The lowest BCUT2D eigenvalue weighted by atomic mass is 9.90. The zero-order chi connectivity index (χ0) is 19.5. The second-order valence-corrected chi connectivity index (χ2v) is 8.38. The Hall–Kier alpha value is -2.48. The van der Waals surface area contributed by atoms with Crippen molar-refractivity contribution in [3.63, 3.8) is 0 Å². The summed E-state index contributed by atoms with van der Waals surface area (Å²) in [6.07, 6.45) is 1.36. The van der Waals surface area contributed by atoms with Crippen molar-refractivity contribution >= 4 is 21.7 Å². The number of carbonyl (C=O) groups is 1. The van der Waals surface area contributed by atoms with Gasteiger partial charge in [0.2, 0.25) is 0 Å². The zero-order valence-corrected chi connectivity index (χ0v) is 16.4. The van der Waals surface area contributed by atoms with E-state index in [9.17, 15) is 13.2 Å². The number of aryl methyl sites for hydroxylation is 1. The van der Waals surface area contributed by atoms with Gasteiger partial charge in [0.05, 0.1) is 0 Å². The maximum atomic E-state index is 12.4. The van der Waals surface area contributed by atoms with E-state index < -0.39 is 16.1 Å². The first kappa shape index (κ1) is 19.8. The molecular weight excluding hydrogens is 352 g/mol. The summed E-state index contributed by atoms with van der Waals surface area (Å²) in [7, 11) is -4.09. The molecule has 2 aromatic rings. The molecule has 0 aliphatic heterocycles. The third-order valence-electron chi connectivity index (χ3n) is 3.88. The quantitative estimate of drug-likeness (QED) is 0.831. The Morgan fingerprint density at radius 2 is 1.65 bits per heavy atom. The molecule has 0 spiro atoms. The number of aromatic nitrogens is 2. The minimum atomic E-state index is -4.09. The highest BCUT2D eigenvalue weighted by atomic mass is 32.2. The topological polar surface area (TPSA) is 101 Å². The molecule has 1 heterocycles. The molecule has 2 N–H and O–H groups in total. The summed E-state index contributed by atoms with van der Waals surface area (Å²) in [5.74, 6) is 0.332. The second kappa shape index (κ2) is 7.82. The lowest BCUT2D eigenvalue weighted by molar-refractivity contribution is 0.256. The van der Waals surface area contributed by atoms with Gasteiger partial charge in [-0.05, 0) is 42.0 Å². The van der Waals surface area contributed by atoms with Gasteiger partial charge >= 0.3 is 6.03 Å². The van der Waals surface area contributed by atoms with Gasteiger partial charge in [-0.2, -0.15) is 13.5 Å². The van der Waals surface area contributed by atoms with Gasteiger partial charge in [0, 0.05) is 11.9 Å². The zero-order valence-electron chi connectivity index (χ0n) is 15.6. The predicted octanol–water partition coefficient (Wildman–Crippen LogP) is 3.54. The molecule has 0 fully saturated rings. The molecule has 0 aliphatic carbocycles. The summed E-state index contributed by atoms with van der Waals surface area (Å²) in [5.41, 5.74) is 3.66. The Bertz CT molecular complexity index is 865. The first-order valence-corrected chi connectivity index (χ1v) is 9.86. The van der Waals surface area contributed by atoms with E-state index in [2.05, 4.69) is 15.5 Å². The summed E-state index contributed by atoms with van der Waals surface area (Å²) >= 11 is 0. The summed E-state index contributed by atoms with van der Waals surface area (Å²) in [5, 5.41) is 9.46. The van der Waals surface area contributed by atoms with Crippen LogP contribution in [0.4, 0.5) is 10.5 Å². The molecule has 0 atom stereocenters. The highest BCUT2D eigenvalue weighted by molar-refractivity contribution is 7.90. The van der Waals surface area contributed by atoms with Crippen molar-refractivity contribution in [3.8, 4) is 0 Å². The number of nitrogens with zero attached hydrogens (tertiary/aromatic N) is 2. The molecule has 0 radical (unpaired) electrons. The van der Waals surface area contributed by atoms with E-state index in [4.69, 9.17) is 0 Å². The van der Waals surface area contributed by atoms with Gasteiger partial charge in [0.25, 0.3) is 10.0 Å². The van der Waals surface area contributed by atoms with Crippen molar-refractivity contribution < 1.29 is 13.2 Å². The van der Waals surface area contributed by atoms with Crippen LogP contribution in [0, 0.1) is 6.92 Å². The van der Waals surface area contributed by atoms with Crippen LogP contribution >= 0.6 is 0 Å². The van der Waals surface area contributed by atoms with E-state index in [1.165, 1.54) is 18.3 Å². The second-order valence-electron chi connectivity index (χ2n) is 6.75. The highest BCUT2D eigenvalue weighted by Crippen LogP contribution is 2.33. The van der Waals surface area contributed by atoms with Crippen LogP contribution in [0.15, 0.2) is 35.5 Å². The molecule has 1 aromatic heterocycles. The number of amides is 2. The Labute approximate surface area is 154 Å². The number of rotatable bonds is 5. The Morgan fingerprint density at radius 3 is 2.12 bits per heavy atom. The van der Waals surface area contributed by atoms with Gasteiger partial charge in [-0.3, -0.25) is 0 Å². The average Bonchev–Trinajstić information content (AvgIpc) is 2.56. The lowest BCUT2D eigenvalue weighted by Gasteiger charge is -2.21. The number of carbonyl (C=O) groups excluding carboxylic acids is 1. The molecule has 26 heavy (non-hydrogen) atoms. The predicted molar refractivity (Wildman–Crippen MR) is 101 cm³/mol. The average molecular weight is 376 g/mol. The summed E-state index contributed by atoms with van der Waals surface area (Å²) in [6, 6.07) is 5.89.